The number of anilines is 1. The summed E-state index contributed by atoms with van der Waals surface area (Å²) in [5.41, 5.74) is 8.93. The monoisotopic (exact) mass is 309 g/mol. The van der Waals surface area contributed by atoms with E-state index in [2.05, 4.69) is 5.10 Å². The average Bonchev–Trinajstić information content (AvgIpc) is 2.89. The summed E-state index contributed by atoms with van der Waals surface area (Å²) < 4.78 is 12.7. The van der Waals surface area contributed by atoms with Gasteiger partial charge in [-0.1, -0.05) is 30.3 Å². The number of ether oxygens (including phenoxy) is 2. The standard InChI is InChI=1S/C18H19N3O2/c1-13-17(19)21(15-6-4-3-5-7-15)20-18(13)23-12-14-8-10-16(22-2)11-9-14/h3-11H,12,19H2,1-2H3. The van der Waals surface area contributed by atoms with Crippen molar-refractivity contribution >= 4 is 5.82 Å². The SMILES string of the molecule is COc1ccc(COc2nn(-c3ccccc3)c(N)c2C)cc1. The smallest absolute Gasteiger partial charge is 0.238 e. The fourth-order valence-electron chi connectivity index (χ4n) is 2.26. The molecule has 0 spiro atoms. The van der Waals surface area contributed by atoms with E-state index in [9.17, 15) is 0 Å². The van der Waals surface area contributed by atoms with Gasteiger partial charge in [-0.15, -0.1) is 5.10 Å². The minimum Gasteiger partial charge on any atom is -0.497 e. The van der Waals surface area contributed by atoms with Crippen LogP contribution in [0.25, 0.3) is 5.69 Å². The summed E-state index contributed by atoms with van der Waals surface area (Å²) in [6.45, 7) is 2.33. The van der Waals surface area contributed by atoms with Crippen molar-refractivity contribution in [3.8, 4) is 17.3 Å². The van der Waals surface area contributed by atoms with Crippen molar-refractivity contribution in [3.05, 3.63) is 65.7 Å². The molecule has 0 atom stereocenters. The van der Waals surface area contributed by atoms with Gasteiger partial charge in [0.1, 0.15) is 18.2 Å². The van der Waals surface area contributed by atoms with Crippen LogP contribution in [0.4, 0.5) is 5.82 Å². The Labute approximate surface area is 135 Å². The molecular formula is C18H19N3O2. The highest BCUT2D eigenvalue weighted by Gasteiger charge is 2.14. The van der Waals surface area contributed by atoms with Crippen LogP contribution >= 0.6 is 0 Å². The van der Waals surface area contributed by atoms with Crippen LogP contribution in [0, 0.1) is 6.92 Å². The maximum Gasteiger partial charge on any atom is 0.238 e. The number of aromatic nitrogens is 2. The highest BCUT2D eigenvalue weighted by molar-refractivity contribution is 5.51. The van der Waals surface area contributed by atoms with Crippen molar-refractivity contribution in [1.29, 1.82) is 0 Å². The quantitative estimate of drug-likeness (QED) is 0.785. The number of nitrogens with zero attached hydrogens (tertiary/aromatic N) is 2. The number of para-hydroxylation sites is 1. The molecule has 0 saturated carbocycles. The molecule has 1 aromatic heterocycles. The molecule has 23 heavy (non-hydrogen) atoms. The van der Waals surface area contributed by atoms with E-state index in [1.54, 1.807) is 11.8 Å². The lowest BCUT2D eigenvalue weighted by atomic mass is 10.2. The lowest BCUT2D eigenvalue weighted by molar-refractivity contribution is 0.290. The van der Waals surface area contributed by atoms with Crippen molar-refractivity contribution in [2.24, 2.45) is 0 Å². The number of hydrogen-bond donors (Lipinski definition) is 1. The Morgan fingerprint density at radius 1 is 1.04 bits per heavy atom. The maximum atomic E-state index is 6.15. The predicted octanol–water partition coefficient (Wildman–Crippen LogP) is 3.35. The Morgan fingerprint density at radius 2 is 1.74 bits per heavy atom. The van der Waals surface area contributed by atoms with Gasteiger partial charge >= 0.3 is 0 Å². The summed E-state index contributed by atoms with van der Waals surface area (Å²) in [5, 5.41) is 4.47. The van der Waals surface area contributed by atoms with Crippen LogP contribution in [0.15, 0.2) is 54.6 Å². The van der Waals surface area contributed by atoms with Crippen LogP contribution in [0.1, 0.15) is 11.1 Å². The first-order chi connectivity index (χ1) is 11.2. The van der Waals surface area contributed by atoms with E-state index in [1.807, 2.05) is 61.5 Å². The van der Waals surface area contributed by atoms with Gasteiger partial charge < -0.3 is 15.2 Å². The number of methoxy groups -OCH3 is 1. The highest BCUT2D eigenvalue weighted by atomic mass is 16.5. The van der Waals surface area contributed by atoms with E-state index in [1.165, 1.54) is 0 Å². The fourth-order valence-corrected chi connectivity index (χ4v) is 2.26. The Kier molecular flexibility index (Phi) is 4.19. The minimum absolute atomic E-state index is 0.427. The van der Waals surface area contributed by atoms with E-state index in [0.29, 0.717) is 18.3 Å². The Hall–Kier alpha value is -2.95. The van der Waals surface area contributed by atoms with Crippen molar-refractivity contribution in [1.82, 2.24) is 9.78 Å². The van der Waals surface area contributed by atoms with Crippen LogP contribution in [0.5, 0.6) is 11.6 Å². The zero-order valence-electron chi connectivity index (χ0n) is 13.2. The number of nitrogens with two attached hydrogens (primary N) is 1. The third-order valence-electron chi connectivity index (χ3n) is 3.66. The summed E-state index contributed by atoms with van der Waals surface area (Å²) in [5.74, 6) is 1.95. The van der Waals surface area contributed by atoms with Gasteiger partial charge in [0.05, 0.1) is 18.4 Å². The van der Waals surface area contributed by atoms with Gasteiger partial charge in [0, 0.05) is 0 Å². The molecule has 0 aliphatic heterocycles. The molecule has 3 aromatic rings. The molecule has 0 unspecified atom stereocenters. The predicted molar refractivity (Wildman–Crippen MR) is 90.0 cm³/mol. The topological polar surface area (TPSA) is 62.3 Å². The molecule has 0 fully saturated rings. The first-order valence-electron chi connectivity index (χ1n) is 7.35. The molecule has 2 aromatic carbocycles. The van der Waals surface area contributed by atoms with E-state index in [0.717, 1.165) is 22.6 Å². The van der Waals surface area contributed by atoms with Gasteiger partial charge in [-0.25, -0.2) is 4.68 Å². The van der Waals surface area contributed by atoms with Gasteiger partial charge in [-0.05, 0) is 36.8 Å². The lowest BCUT2D eigenvalue weighted by Crippen LogP contribution is -2.02. The molecule has 0 amide bonds. The number of rotatable bonds is 5. The first kappa shape index (κ1) is 15.0. The molecular weight excluding hydrogens is 290 g/mol. The summed E-state index contributed by atoms with van der Waals surface area (Å²) in [4.78, 5) is 0. The van der Waals surface area contributed by atoms with Crippen molar-refractivity contribution < 1.29 is 9.47 Å². The van der Waals surface area contributed by atoms with Gasteiger partial charge in [-0.2, -0.15) is 0 Å². The van der Waals surface area contributed by atoms with Crippen LogP contribution in [0.3, 0.4) is 0 Å². The summed E-state index contributed by atoms with van der Waals surface area (Å²) in [7, 11) is 1.65. The number of hydrogen-bond acceptors (Lipinski definition) is 4. The third kappa shape index (κ3) is 3.13. The Bertz CT molecular complexity index is 780. The number of nitrogen functional groups attached to an aromatic ring is 1. The average molecular weight is 309 g/mol. The summed E-state index contributed by atoms with van der Waals surface area (Å²) in [6, 6.07) is 17.5. The van der Waals surface area contributed by atoms with E-state index in [4.69, 9.17) is 15.2 Å². The molecule has 0 aliphatic carbocycles. The zero-order chi connectivity index (χ0) is 16.2. The molecule has 0 radical (unpaired) electrons. The van der Waals surface area contributed by atoms with Crippen molar-refractivity contribution in [3.63, 3.8) is 0 Å². The maximum absolute atomic E-state index is 6.15. The van der Waals surface area contributed by atoms with Crippen LogP contribution in [-0.2, 0) is 6.61 Å². The molecule has 5 heteroatoms. The summed E-state index contributed by atoms with van der Waals surface area (Å²) in [6.07, 6.45) is 0. The Balaban J connectivity index is 1.78. The molecule has 0 bridgehead atoms. The van der Waals surface area contributed by atoms with Crippen LogP contribution < -0.4 is 15.2 Å². The molecule has 2 N–H and O–H groups in total. The van der Waals surface area contributed by atoms with Crippen LogP contribution in [0.2, 0.25) is 0 Å². The minimum atomic E-state index is 0.427. The molecule has 5 nitrogen and oxygen atoms in total. The van der Waals surface area contributed by atoms with E-state index in [-0.39, 0.29) is 0 Å². The molecule has 3 rings (SSSR count). The Morgan fingerprint density at radius 3 is 2.39 bits per heavy atom. The van der Waals surface area contributed by atoms with Gasteiger partial charge in [-0.3, -0.25) is 0 Å². The van der Waals surface area contributed by atoms with E-state index >= 15 is 0 Å². The molecule has 0 saturated heterocycles. The second kappa shape index (κ2) is 6.44. The second-order valence-corrected chi connectivity index (χ2v) is 5.20. The van der Waals surface area contributed by atoms with Gasteiger partial charge in [0.2, 0.25) is 5.88 Å². The van der Waals surface area contributed by atoms with Crippen LogP contribution in [-0.4, -0.2) is 16.9 Å². The molecule has 0 aliphatic rings. The highest BCUT2D eigenvalue weighted by Crippen LogP contribution is 2.26. The lowest BCUT2D eigenvalue weighted by Gasteiger charge is -2.05. The largest absolute Gasteiger partial charge is 0.497 e. The second-order valence-electron chi connectivity index (χ2n) is 5.20. The van der Waals surface area contributed by atoms with Gasteiger partial charge in [0.15, 0.2) is 0 Å². The number of benzene rings is 2. The van der Waals surface area contributed by atoms with Gasteiger partial charge in [0.25, 0.3) is 0 Å². The molecule has 1 heterocycles. The third-order valence-corrected chi connectivity index (χ3v) is 3.66. The van der Waals surface area contributed by atoms with Crippen molar-refractivity contribution in [2.75, 3.05) is 12.8 Å². The zero-order valence-corrected chi connectivity index (χ0v) is 13.2. The molecule has 118 valence electrons. The van der Waals surface area contributed by atoms with E-state index < -0.39 is 0 Å². The van der Waals surface area contributed by atoms with Crippen molar-refractivity contribution in [2.45, 2.75) is 13.5 Å². The normalized spacial score (nSPS) is 10.5. The summed E-state index contributed by atoms with van der Waals surface area (Å²) >= 11 is 0. The fraction of sp³-hybridized carbons (Fsp3) is 0.167. The first-order valence-corrected chi connectivity index (χ1v) is 7.35.